The summed E-state index contributed by atoms with van der Waals surface area (Å²) in [4.78, 5) is 16.5. The molecule has 0 bridgehead atoms. The van der Waals surface area contributed by atoms with Gasteiger partial charge in [0.05, 0.1) is 28.0 Å². The zero-order valence-electron chi connectivity index (χ0n) is 23.2. The molecule has 1 saturated heterocycles. The Balaban J connectivity index is 1.45. The predicted molar refractivity (Wildman–Crippen MR) is 151 cm³/mol. The standard InChI is InChI=1S/C32H35N5O2/c1-20-6-5-7-37(16-20)17-24-8-22(3)30-27(11-24)29(38)28(18-39-30)25-9-23(15-33)10-26(12-25)32(13-21(2)14-32)31-35-34-19-36(31)4/h8-12,18-21H,5-7,13-14,16-17H2,1-4H3/t20-,21?,32?/m0/s1. The topological polar surface area (TPSA) is 88.0 Å². The molecule has 2 fully saturated rings. The summed E-state index contributed by atoms with van der Waals surface area (Å²) in [7, 11) is 1.96. The van der Waals surface area contributed by atoms with Gasteiger partial charge in [0.15, 0.2) is 0 Å². The molecule has 0 radical (unpaired) electrons. The molecule has 39 heavy (non-hydrogen) atoms. The van der Waals surface area contributed by atoms with E-state index < -0.39 is 0 Å². The van der Waals surface area contributed by atoms with Gasteiger partial charge in [0.25, 0.3) is 0 Å². The van der Waals surface area contributed by atoms with E-state index in [1.165, 1.54) is 12.8 Å². The molecule has 7 nitrogen and oxygen atoms in total. The molecule has 2 aromatic carbocycles. The fraction of sp³-hybridized carbons (Fsp3) is 0.438. The summed E-state index contributed by atoms with van der Waals surface area (Å²) in [5.41, 5.74) is 5.02. The van der Waals surface area contributed by atoms with Crippen LogP contribution in [0.2, 0.25) is 0 Å². The molecule has 0 amide bonds. The maximum atomic E-state index is 14.0. The first-order valence-corrected chi connectivity index (χ1v) is 14.0. The SMILES string of the molecule is Cc1cc(CN2CCC[C@H](C)C2)cc2c(=O)c(-c3cc(C#N)cc(C4(c5nncn5C)CC(C)C4)c3)coc12. The number of rotatable bonds is 5. The lowest BCUT2D eigenvalue weighted by Crippen LogP contribution is -2.43. The summed E-state index contributed by atoms with van der Waals surface area (Å²) in [6, 6.07) is 12.2. The largest absolute Gasteiger partial charge is 0.463 e. The smallest absolute Gasteiger partial charge is 0.200 e. The van der Waals surface area contributed by atoms with Crippen LogP contribution in [0.3, 0.4) is 0 Å². The van der Waals surface area contributed by atoms with Crippen molar-refractivity contribution in [3.63, 3.8) is 0 Å². The van der Waals surface area contributed by atoms with E-state index in [0.717, 1.165) is 55.0 Å². The van der Waals surface area contributed by atoms with Crippen molar-refractivity contribution in [3.8, 4) is 17.2 Å². The summed E-state index contributed by atoms with van der Waals surface area (Å²) in [5, 5.41) is 19.1. The van der Waals surface area contributed by atoms with E-state index in [0.29, 0.717) is 39.5 Å². The van der Waals surface area contributed by atoms with Crippen LogP contribution in [0.4, 0.5) is 0 Å². The number of nitrogens with zero attached hydrogens (tertiary/aromatic N) is 5. The predicted octanol–water partition coefficient (Wildman–Crippen LogP) is 5.72. The summed E-state index contributed by atoms with van der Waals surface area (Å²) in [6.45, 7) is 9.54. The van der Waals surface area contributed by atoms with Gasteiger partial charge < -0.3 is 8.98 Å². The first-order valence-electron chi connectivity index (χ1n) is 14.0. The number of piperidine rings is 1. The highest BCUT2D eigenvalue weighted by Crippen LogP contribution is 2.52. The molecular formula is C32H35N5O2. The number of aromatic nitrogens is 3. The van der Waals surface area contributed by atoms with Crippen LogP contribution in [0.15, 0.2) is 52.1 Å². The zero-order chi connectivity index (χ0) is 27.3. The highest BCUT2D eigenvalue weighted by atomic mass is 16.3. The maximum absolute atomic E-state index is 14.0. The lowest BCUT2D eigenvalue weighted by Gasteiger charge is -2.46. The second-order valence-corrected chi connectivity index (χ2v) is 12.0. The van der Waals surface area contributed by atoms with Crippen molar-refractivity contribution in [2.45, 2.75) is 58.4 Å². The van der Waals surface area contributed by atoms with Crippen LogP contribution in [0, 0.1) is 30.1 Å². The van der Waals surface area contributed by atoms with Gasteiger partial charge in [-0.1, -0.05) is 19.9 Å². The number of hydrogen-bond acceptors (Lipinski definition) is 6. The lowest BCUT2D eigenvalue weighted by atomic mass is 9.58. The van der Waals surface area contributed by atoms with E-state index in [9.17, 15) is 10.1 Å². The molecule has 200 valence electrons. The molecule has 1 aliphatic carbocycles. The van der Waals surface area contributed by atoms with E-state index in [1.54, 1.807) is 18.7 Å². The number of nitriles is 1. The average molecular weight is 522 g/mol. The summed E-state index contributed by atoms with van der Waals surface area (Å²) >= 11 is 0. The molecule has 6 rings (SSSR count). The Labute approximate surface area is 229 Å². The van der Waals surface area contributed by atoms with Crippen molar-refractivity contribution in [3.05, 3.63) is 81.2 Å². The van der Waals surface area contributed by atoms with Gasteiger partial charge in [0.2, 0.25) is 5.43 Å². The van der Waals surface area contributed by atoms with Gasteiger partial charge in [0, 0.05) is 20.1 Å². The Morgan fingerprint density at radius 2 is 1.97 bits per heavy atom. The second kappa shape index (κ2) is 9.77. The van der Waals surface area contributed by atoms with Crippen molar-refractivity contribution in [1.82, 2.24) is 19.7 Å². The van der Waals surface area contributed by atoms with Crippen molar-refractivity contribution in [2.75, 3.05) is 13.1 Å². The first-order chi connectivity index (χ1) is 18.8. The monoisotopic (exact) mass is 521 g/mol. The molecule has 1 saturated carbocycles. The minimum atomic E-state index is -0.335. The van der Waals surface area contributed by atoms with Crippen LogP contribution >= 0.6 is 0 Å². The maximum Gasteiger partial charge on any atom is 0.200 e. The molecule has 7 heteroatoms. The van der Waals surface area contributed by atoms with Crippen LogP contribution in [-0.2, 0) is 19.0 Å². The number of likely N-dealkylation sites (tertiary alicyclic amines) is 1. The van der Waals surface area contributed by atoms with E-state index in [-0.39, 0.29) is 10.8 Å². The Morgan fingerprint density at radius 1 is 1.15 bits per heavy atom. The number of aryl methyl sites for hydroxylation is 2. The van der Waals surface area contributed by atoms with Crippen molar-refractivity contribution < 1.29 is 4.42 Å². The van der Waals surface area contributed by atoms with Crippen molar-refractivity contribution in [1.29, 1.82) is 5.26 Å². The summed E-state index contributed by atoms with van der Waals surface area (Å²) < 4.78 is 8.06. The van der Waals surface area contributed by atoms with E-state index >= 15 is 0 Å². The van der Waals surface area contributed by atoms with Gasteiger partial charge >= 0.3 is 0 Å². The van der Waals surface area contributed by atoms with Crippen LogP contribution in [0.25, 0.3) is 22.1 Å². The quantitative estimate of drug-likeness (QED) is 0.334. The Kier molecular flexibility index (Phi) is 6.39. The Morgan fingerprint density at radius 3 is 2.67 bits per heavy atom. The highest BCUT2D eigenvalue weighted by Gasteiger charge is 2.48. The van der Waals surface area contributed by atoms with Crippen LogP contribution in [0.1, 0.15) is 67.6 Å². The van der Waals surface area contributed by atoms with Gasteiger partial charge in [-0.25, -0.2) is 0 Å². The van der Waals surface area contributed by atoms with Crippen LogP contribution in [0.5, 0.6) is 0 Å². The summed E-state index contributed by atoms with van der Waals surface area (Å²) in [5.74, 6) is 2.12. The molecule has 3 heterocycles. The number of fused-ring (bicyclic) bond motifs is 1. The van der Waals surface area contributed by atoms with Gasteiger partial charge in [-0.2, -0.15) is 5.26 Å². The molecule has 0 N–H and O–H groups in total. The minimum absolute atomic E-state index is 0.0658. The minimum Gasteiger partial charge on any atom is -0.463 e. The third kappa shape index (κ3) is 4.47. The normalized spacial score (nSPS) is 23.5. The number of benzene rings is 2. The summed E-state index contributed by atoms with van der Waals surface area (Å²) in [6.07, 6.45) is 7.60. The van der Waals surface area contributed by atoms with Gasteiger partial charge in [0.1, 0.15) is 24.0 Å². The van der Waals surface area contributed by atoms with Crippen LogP contribution in [-0.4, -0.2) is 32.8 Å². The highest BCUT2D eigenvalue weighted by molar-refractivity contribution is 5.85. The Hall–Kier alpha value is -3.76. The van der Waals surface area contributed by atoms with E-state index in [2.05, 4.69) is 41.1 Å². The fourth-order valence-corrected chi connectivity index (χ4v) is 6.99. The average Bonchev–Trinajstić information content (AvgIpc) is 3.33. The van der Waals surface area contributed by atoms with Gasteiger partial charge in [-0.15, -0.1) is 10.2 Å². The van der Waals surface area contributed by atoms with E-state index in [4.69, 9.17) is 4.42 Å². The molecule has 0 spiro atoms. The number of hydrogen-bond donors (Lipinski definition) is 0. The molecule has 2 aliphatic rings. The molecule has 0 unspecified atom stereocenters. The van der Waals surface area contributed by atoms with Crippen LogP contribution < -0.4 is 5.43 Å². The lowest BCUT2D eigenvalue weighted by molar-refractivity contribution is 0.176. The van der Waals surface area contributed by atoms with Crippen molar-refractivity contribution in [2.24, 2.45) is 18.9 Å². The zero-order valence-corrected chi connectivity index (χ0v) is 23.2. The second-order valence-electron chi connectivity index (χ2n) is 12.0. The molecule has 1 aliphatic heterocycles. The fourth-order valence-electron chi connectivity index (χ4n) is 6.99. The molecule has 4 aromatic rings. The van der Waals surface area contributed by atoms with Crippen molar-refractivity contribution >= 4 is 11.0 Å². The molecule has 1 atom stereocenters. The van der Waals surface area contributed by atoms with Gasteiger partial charge in [-0.05, 0) is 97.5 Å². The third-order valence-corrected chi connectivity index (χ3v) is 8.72. The molecular weight excluding hydrogens is 486 g/mol. The van der Waals surface area contributed by atoms with E-state index in [1.807, 2.05) is 36.7 Å². The first kappa shape index (κ1) is 25.5. The van der Waals surface area contributed by atoms with Gasteiger partial charge in [-0.3, -0.25) is 9.69 Å². The molecule has 2 aromatic heterocycles. The third-order valence-electron chi connectivity index (χ3n) is 8.72. The Bertz CT molecular complexity index is 1650.